The van der Waals surface area contributed by atoms with E-state index in [1.807, 2.05) is 0 Å². The average Bonchev–Trinajstić information content (AvgIpc) is 2.14. The van der Waals surface area contributed by atoms with E-state index in [1.165, 1.54) is 32.1 Å². The zero-order valence-corrected chi connectivity index (χ0v) is 7.23. The smallest absolute Gasteiger partial charge is 1.00 e. The van der Waals surface area contributed by atoms with E-state index < -0.39 is 0 Å². The van der Waals surface area contributed by atoms with E-state index in [4.69, 9.17) is 0 Å². The topological polar surface area (TPSA) is 0 Å². The third-order valence-corrected chi connectivity index (χ3v) is 2.05. The summed E-state index contributed by atoms with van der Waals surface area (Å²) in [4.78, 5) is 0. The molecule has 0 saturated heterocycles. The van der Waals surface area contributed by atoms with E-state index in [-0.39, 0.29) is 25.9 Å². The van der Waals surface area contributed by atoms with Crippen molar-refractivity contribution < 1.29 is 2.85 Å². The normalized spacial score (nSPS) is 20.6. The van der Waals surface area contributed by atoms with Gasteiger partial charge in [0.05, 0.1) is 0 Å². The molecule has 1 fully saturated rings. The van der Waals surface area contributed by atoms with E-state index in [9.17, 15) is 0 Å². The second-order valence-electron chi connectivity index (χ2n) is 2.56. The Hall–Kier alpha value is 0.766. The van der Waals surface area contributed by atoms with Crippen molar-refractivity contribution in [1.29, 1.82) is 0 Å². The van der Waals surface area contributed by atoms with Crippen LogP contribution in [0.5, 0.6) is 0 Å². The first-order valence-corrected chi connectivity index (χ1v) is 3.43. The Balaban J connectivity index is -0.000000163. The molecule has 1 aliphatic carbocycles. The molecule has 0 heterocycles. The molecule has 0 aromatic heterocycles. The summed E-state index contributed by atoms with van der Waals surface area (Å²) in [6, 6.07) is 0. The summed E-state index contributed by atoms with van der Waals surface area (Å²) in [5.41, 5.74) is 0. The zero-order valence-electron chi connectivity index (χ0n) is 7.82. The molecule has 0 aromatic carbocycles. The summed E-state index contributed by atoms with van der Waals surface area (Å²) in [6.45, 7) is 2.30. The molecule has 0 nitrogen and oxygen atoms in total. The molecule has 1 saturated carbocycles. The first kappa shape index (κ1) is 8.77. The predicted molar refractivity (Wildman–Crippen MR) is 40.2 cm³/mol. The van der Waals surface area contributed by atoms with Gasteiger partial charge < -0.3 is 2.85 Å². The van der Waals surface area contributed by atoms with Crippen LogP contribution in [0.15, 0.2) is 0 Å². The van der Waals surface area contributed by atoms with Gasteiger partial charge in [0.15, 0.2) is 0 Å². The van der Waals surface area contributed by atoms with Gasteiger partial charge in [0.1, 0.15) is 0 Å². The average molecular weight is 125 g/mol. The van der Waals surface area contributed by atoms with Crippen molar-refractivity contribution in [2.45, 2.75) is 39.0 Å². The minimum Gasteiger partial charge on any atom is -1.00 e. The summed E-state index contributed by atoms with van der Waals surface area (Å²) in [6.07, 6.45) is 7.43. The van der Waals surface area contributed by atoms with Crippen LogP contribution in [0.4, 0.5) is 0 Å². The van der Waals surface area contributed by atoms with Gasteiger partial charge in [-0.25, -0.2) is 0 Å². The molecule has 46 valence electrons. The molecule has 1 aliphatic rings. The van der Waals surface area contributed by atoms with Crippen LogP contribution in [0.25, 0.3) is 0 Å². The fourth-order valence-electron chi connectivity index (χ4n) is 1.42. The monoisotopic (exact) mass is 124 g/mol. The second-order valence-corrected chi connectivity index (χ2v) is 2.56. The van der Waals surface area contributed by atoms with Gasteiger partial charge in [-0.05, 0) is 5.92 Å². The summed E-state index contributed by atoms with van der Waals surface area (Å²) < 4.78 is 0. The van der Waals surface area contributed by atoms with Crippen molar-refractivity contribution in [3.8, 4) is 0 Å². The maximum absolute atomic E-state index is 2.30. The van der Waals surface area contributed by atoms with Crippen molar-refractivity contribution in [3.63, 3.8) is 0 Å². The fourth-order valence-corrected chi connectivity index (χ4v) is 1.42. The van der Waals surface area contributed by atoms with Crippen molar-refractivity contribution in [3.05, 3.63) is 0 Å². The van der Waals surface area contributed by atoms with Gasteiger partial charge in [0, 0.05) is 0 Å². The molecule has 0 unspecified atom stereocenters. The molecule has 0 N–H and O–H groups in total. The molecule has 0 aromatic rings. The molecule has 0 bridgehead atoms. The number of hydrogen-bond acceptors (Lipinski definition) is 0. The Bertz CT molecular complexity index is 53.6. The van der Waals surface area contributed by atoms with Gasteiger partial charge in [0.2, 0.25) is 0 Å². The van der Waals surface area contributed by atoms with E-state index in [2.05, 4.69) is 6.92 Å². The number of hydrogen-bond donors (Lipinski definition) is 0. The van der Waals surface area contributed by atoms with Crippen LogP contribution in [0.3, 0.4) is 0 Å². The quantitative estimate of drug-likeness (QED) is 0.471. The van der Waals surface area contributed by atoms with Crippen LogP contribution in [0, 0.1) is 5.92 Å². The Labute approximate surface area is 71.2 Å². The van der Waals surface area contributed by atoms with Crippen LogP contribution in [-0.4, -0.2) is 23.1 Å². The first-order valence-electron chi connectivity index (χ1n) is 3.43. The van der Waals surface area contributed by atoms with Crippen molar-refractivity contribution in [2.75, 3.05) is 0 Å². The molecule has 0 atom stereocenters. The fraction of sp³-hybridized carbons (Fsp3) is 1.00. The minimum atomic E-state index is 0. The Morgan fingerprint density at radius 3 is 2.12 bits per heavy atom. The largest absolute Gasteiger partial charge is 2.00 e. The Morgan fingerprint density at radius 1 is 1.38 bits per heavy atom. The maximum Gasteiger partial charge on any atom is 2.00 e. The van der Waals surface area contributed by atoms with Gasteiger partial charge in [-0.1, -0.05) is 39.0 Å². The third kappa shape index (κ3) is 2.36. The van der Waals surface area contributed by atoms with Gasteiger partial charge in [-0.15, -0.1) is 0 Å². The SMILES string of the molecule is CCC1CCCC1.[H-].[H-].[Mg+2]. The summed E-state index contributed by atoms with van der Waals surface area (Å²) in [7, 11) is 0. The van der Waals surface area contributed by atoms with Crippen LogP contribution >= 0.6 is 0 Å². The summed E-state index contributed by atoms with van der Waals surface area (Å²) >= 11 is 0. The van der Waals surface area contributed by atoms with E-state index in [0.717, 1.165) is 5.92 Å². The summed E-state index contributed by atoms with van der Waals surface area (Å²) in [5, 5.41) is 0. The van der Waals surface area contributed by atoms with E-state index >= 15 is 0 Å². The van der Waals surface area contributed by atoms with Crippen molar-refractivity contribution in [2.24, 2.45) is 5.92 Å². The minimum absolute atomic E-state index is 0. The van der Waals surface area contributed by atoms with E-state index in [1.54, 1.807) is 0 Å². The number of rotatable bonds is 1. The summed E-state index contributed by atoms with van der Waals surface area (Å²) in [5.74, 6) is 1.10. The maximum atomic E-state index is 2.30. The zero-order chi connectivity index (χ0) is 5.11. The van der Waals surface area contributed by atoms with E-state index in [0.29, 0.717) is 0 Å². The molecule has 1 heteroatoms. The Kier molecular flexibility index (Phi) is 5.07. The predicted octanol–water partition coefficient (Wildman–Crippen LogP) is 2.43. The standard InChI is InChI=1S/C7H14.Mg.2H/c1-2-7-5-3-4-6-7;;;/h7H,2-6H2,1H3;;;/q;+2;2*-1. The van der Waals surface area contributed by atoms with Gasteiger partial charge >= 0.3 is 23.1 Å². The molecule has 0 aliphatic heterocycles. The van der Waals surface area contributed by atoms with Crippen molar-refractivity contribution >= 4 is 23.1 Å². The second kappa shape index (κ2) is 4.63. The van der Waals surface area contributed by atoms with Crippen LogP contribution in [0.1, 0.15) is 41.9 Å². The van der Waals surface area contributed by atoms with Gasteiger partial charge in [-0.3, -0.25) is 0 Å². The molecule has 1 rings (SSSR count). The van der Waals surface area contributed by atoms with Crippen LogP contribution in [0.2, 0.25) is 0 Å². The molecular weight excluding hydrogens is 108 g/mol. The Morgan fingerprint density at radius 2 is 1.88 bits per heavy atom. The van der Waals surface area contributed by atoms with Crippen LogP contribution < -0.4 is 0 Å². The van der Waals surface area contributed by atoms with Gasteiger partial charge in [-0.2, -0.15) is 0 Å². The third-order valence-electron chi connectivity index (χ3n) is 2.05. The molecule has 8 heavy (non-hydrogen) atoms. The van der Waals surface area contributed by atoms with Crippen LogP contribution in [-0.2, 0) is 0 Å². The first-order chi connectivity index (χ1) is 3.43. The van der Waals surface area contributed by atoms with Gasteiger partial charge in [0.25, 0.3) is 0 Å². The molecule has 0 amide bonds. The molecule has 0 spiro atoms. The van der Waals surface area contributed by atoms with Crippen molar-refractivity contribution in [1.82, 2.24) is 0 Å². The molecular formula is C7H16Mg. The molecule has 0 radical (unpaired) electrons.